The van der Waals surface area contributed by atoms with Crippen LogP contribution in [0.4, 0.5) is 5.69 Å². The molecule has 76 valence electrons. The van der Waals surface area contributed by atoms with Crippen LogP contribution in [-0.4, -0.2) is 25.1 Å². The van der Waals surface area contributed by atoms with Crippen molar-refractivity contribution in [1.29, 1.82) is 0 Å². The first-order chi connectivity index (χ1) is 6.92. The quantitative estimate of drug-likeness (QED) is 0.782. The Kier molecular flexibility index (Phi) is 2.99. The van der Waals surface area contributed by atoms with E-state index in [0.29, 0.717) is 0 Å². The molecule has 0 saturated carbocycles. The number of aromatic nitrogens is 1. The third-order valence-corrected chi connectivity index (χ3v) is 2.69. The molecule has 2 heterocycles. The van der Waals surface area contributed by atoms with Crippen molar-refractivity contribution < 1.29 is 0 Å². The average molecular weight is 191 g/mol. The van der Waals surface area contributed by atoms with Gasteiger partial charge in [0, 0.05) is 43.3 Å². The van der Waals surface area contributed by atoms with Crippen LogP contribution >= 0.6 is 0 Å². The molecule has 1 aromatic rings. The van der Waals surface area contributed by atoms with E-state index >= 15 is 0 Å². The van der Waals surface area contributed by atoms with Gasteiger partial charge in [-0.05, 0) is 26.0 Å². The Bertz CT molecular complexity index is 292. The molecule has 1 aliphatic heterocycles. The van der Waals surface area contributed by atoms with E-state index in [1.54, 1.807) is 0 Å². The van der Waals surface area contributed by atoms with Gasteiger partial charge in [0.15, 0.2) is 0 Å². The van der Waals surface area contributed by atoms with Crippen molar-refractivity contribution in [2.24, 2.45) is 0 Å². The molecule has 0 amide bonds. The number of nitrogens with zero attached hydrogens (tertiary/aromatic N) is 2. The molecule has 14 heavy (non-hydrogen) atoms. The molecule has 0 unspecified atom stereocenters. The fraction of sp³-hybridized carbons (Fsp3) is 0.545. The first-order valence-electron chi connectivity index (χ1n) is 5.24. The van der Waals surface area contributed by atoms with E-state index < -0.39 is 0 Å². The Balaban J connectivity index is 2.21. The summed E-state index contributed by atoms with van der Waals surface area (Å²) in [6.45, 7) is 3.29. The highest BCUT2D eigenvalue weighted by atomic mass is 15.1. The Morgan fingerprint density at radius 3 is 2.93 bits per heavy atom. The van der Waals surface area contributed by atoms with E-state index in [9.17, 15) is 0 Å². The van der Waals surface area contributed by atoms with Crippen LogP contribution in [-0.2, 0) is 6.54 Å². The van der Waals surface area contributed by atoms with Gasteiger partial charge in [-0.1, -0.05) is 0 Å². The maximum Gasteiger partial charge on any atom is 0.0442 e. The third-order valence-electron chi connectivity index (χ3n) is 2.69. The number of nitrogens with one attached hydrogen (secondary N) is 1. The van der Waals surface area contributed by atoms with Crippen LogP contribution in [0.25, 0.3) is 0 Å². The summed E-state index contributed by atoms with van der Waals surface area (Å²) in [6, 6.07) is 2.12. The van der Waals surface area contributed by atoms with Crippen LogP contribution in [0.3, 0.4) is 0 Å². The van der Waals surface area contributed by atoms with Gasteiger partial charge in [-0.15, -0.1) is 0 Å². The molecule has 3 heteroatoms. The number of hydrogen-bond acceptors (Lipinski definition) is 3. The van der Waals surface area contributed by atoms with Gasteiger partial charge in [0.05, 0.1) is 0 Å². The summed E-state index contributed by atoms with van der Waals surface area (Å²) in [5.74, 6) is 0. The molecule has 0 radical (unpaired) electrons. The van der Waals surface area contributed by atoms with Crippen LogP contribution in [0, 0.1) is 0 Å². The minimum Gasteiger partial charge on any atom is -0.371 e. The Morgan fingerprint density at radius 1 is 1.43 bits per heavy atom. The lowest BCUT2D eigenvalue weighted by atomic mass is 10.2. The van der Waals surface area contributed by atoms with Crippen LogP contribution < -0.4 is 10.2 Å². The summed E-state index contributed by atoms with van der Waals surface area (Å²) in [5.41, 5.74) is 2.66. The standard InChI is InChI=1S/C11H17N3/c1-12-8-10-9-13-5-4-11(10)14-6-2-3-7-14/h4-5,9,12H,2-3,6-8H2,1H3. The maximum absolute atomic E-state index is 4.17. The maximum atomic E-state index is 4.17. The lowest BCUT2D eigenvalue weighted by molar-refractivity contribution is 0.803. The first kappa shape index (κ1) is 9.46. The normalized spacial score (nSPS) is 16.2. The molecule has 0 atom stereocenters. The predicted molar refractivity (Wildman–Crippen MR) is 58.4 cm³/mol. The topological polar surface area (TPSA) is 28.2 Å². The lowest BCUT2D eigenvalue weighted by Gasteiger charge is -2.20. The van der Waals surface area contributed by atoms with Crippen molar-refractivity contribution in [1.82, 2.24) is 10.3 Å². The second-order valence-corrected chi connectivity index (χ2v) is 3.73. The summed E-state index contributed by atoms with van der Waals surface area (Å²) in [7, 11) is 1.97. The fourth-order valence-corrected chi connectivity index (χ4v) is 2.01. The zero-order chi connectivity index (χ0) is 9.80. The molecule has 3 nitrogen and oxygen atoms in total. The highest BCUT2D eigenvalue weighted by molar-refractivity contribution is 5.52. The Hall–Kier alpha value is -1.09. The van der Waals surface area contributed by atoms with E-state index in [2.05, 4.69) is 21.3 Å². The van der Waals surface area contributed by atoms with Crippen LogP contribution in [0.1, 0.15) is 18.4 Å². The highest BCUT2D eigenvalue weighted by Gasteiger charge is 2.14. The van der Waals surface area contributed by atoms with E-state index in [1.807, 2.05) is 19.4 Å². The van der Waals surface area contributed by atoms with Crippen molar-refractivity contribution in [3.05, 3.63) is 24.0 Å². The molecule has 0 aromatic carbocycles. The number of anilines is 1. The minimum absolute atomic E-state index is 0.902. The first-order valence-corrected chi connectivity index (χ1v) is 5.24. The largest absolute Gasteiger partial charge is 0.371 e. The van der Waals surface area contributed by atoms with Gasteiger partial charge in [0.25, 0.3) is 0 Å². The summed E-state index contributed by atoms with van der Waals surface area (Å²) < 4.78 is 0. The summed E-state index contributed by atoms with van der Waals surface area (Å²) in [6.07, 6.45) is 6.49. The van der Waals surface area contributed by atoms with Crippen molar-refractivity contribution in [2.45, 2.75) is 19.4 Å². The summed E-state index contributed by atoms with van der Waals surface area (Å²) in [5, 5.41) is 3.18. The molecule has 1 N–H and O–H groups in total. The van der Waals surface area contributed by atoms with Gasteiger partial charge in [-0.3, -0.25) is 4.98 Å². The lowest BCUT2D eigenvalue weighted by Crippen LogP contribution is -2.20. The van der Waals surface area contributed by atoms with Crippen LogP contribution in [0.15, 0.2) is 18.5 Å². The van der Waals surface area contributed by atoms with Crippen molar-refractivity contribution in [3.63, 3.8) is 0 Å². The van der Waals surface area contributed by atoms with E-state index in [0.717, 1.165) is 6.54 Å². The van der Waals surface area contributed by atoms with Crippen molar-refractivity contribution >= 4 is 5.69 Å². The fourth-order valence-electron chi connectivity index (χ4n) is 2.01. The SMILES string of the molecule is CNCc1cnccc1N1CCCC1. The molecule has 1 saturated heterocycles. The summed E-state index contributed by atoms with van der Waals surface area (Å²) in [4.78, 5) is 6.62. The molecule has 2 rings (SSSR count). The molecule has 0 spiro atoms. The minimum atomic E-state index is 0.902. The molecule has 0 aliphatic carbocycles. The third kappa shape index (κ3) is 1.87. The number of hydrogen-bond donors (Lipinski definition) is 1. The van der Waals surface area contributed by atoms with Gasteiger partial charge in [0.2, 0.25) is 0 Å². The number of rotatable bonds is 3. The van der Waals surface area contributed by atoms with E-state index in [1.165, 1.54) is 37.2 Å². The number of pyridine rings is 1. The summed E-state index contributed by atoms with van der Waals surface area (Å²) >= 11 is 0. The monoisotopic (exact) mass is 191 g/mol. The Morgan fingerprint density at radius 2 is 2.21 bits per heavy atom. The van der Waals surface area contributed by atoms with Gasteiger partial charge in [-0.25, -0.2) is 0 Å². The van der Waals surface area contributed by atoms with Gasteiger partial charge in [-0.2, -0.15) is 0 Å². The molecular weight excluding hydrogens is 174 g/mol. The zero-order valence-electron chi connectivity index (χ0n) is 8.66. The molecule has 1 aliphatic rings. The van der Waals surface area contributed by atoms with Crippen molar-refractivity contribution in [3.8, 4) is 0 Å². The average Bonchev–Trinajstić information content (AvgIpc) is 2.72. The second-order valence-electron chi connectivity index (χ2n) is 3.73. The van der Waals surface area contributed by atoms with Gasteiger partial charge < -0.3 is 10.2 Å². The molecule has 0 bridgehead atoms. The van der Waals surface area contributed by atoms with Gasteiger partial charge in [0.1, 0.15) is 0 Å². The molecule has 1 fully saturated rings. The van der Waals surface area contributed by atoms with E-state index in [4.69, 9.17) is 0 Å². The van der Waals surface area contributed by atoms with E-state index in [-0.39, 0.29) is 0 Å². The van der Waals surface area contributed by atoms with Crippen molar-refractivity contribution in [2.75, 3.05) is 25.0 Å². The second kappa shape index (κ2) is 4.42. The molecular formula is C11H17N3. The van der Waals surface area contributed by atoms with Crippen LogP contribution in [0.2, 0.25) is 0 Å². The zero-order valence-corrected chi connectivity index (χ0v) is 8.66. The van der Waals surface area contributed by atoms with Crippen LogP contribution in [0.5, 0.6) is 0 Å². The predicted octanol–water partition coefficient (Wildman–Crippen LogP) is 1.40. The highest BCUT2D eigenvalue weighted by Crippen LogP contribution is 2.23. The molecule has 1 aromatic heterocycles. The Labute approximate surface area is 85.1 Å². The smallest absolute Gasteiger partial charge is 0.0442 e. The van der Waals surface area contributed by atoms with Gasteiger partial charge >= 0.3 is 0 Å².